The van der Waals surface area contributed by atoms with E-state index in [2.05, 4.69) is 25.7 Å². The lowest BCUT2D eigenvalue weighted by Gasteiger charge is -2.35. The van der Waals surface area contributed by atoms with Crippen molar-refractivity contribution in [2.24, 2.45) is 4.99 Å². The standard InChI is InChI=1S/C20H28N6O4S.HI/c1-16(27)23-18-5-3-17(4-6-18)7-9-22-20(21-2)25-10-12-26(13-11-25)31(28,29)15-19-8-14-30-24-19;/h3-6,8,14H,7,9-13,15H2,1-2H3,(H,21,22)(H,23,27);1H. The second-order valence-corrected chi connectivity index (χ2v) is 9.20. The van der Waals surface area contributed by atoms with Crippen molar-refractivity contribution >= 4 is 51.6 Å². The van der Waals surface area contributed by atoms with Crippen molar-refractivity contribution in [2.45, 2.75) is 19.1 Å². The number of nitrogens with zero attached hydrogens (tertiary/aromatic N) is 4. The molecular formula is C20H29IN6O4S. The topological polar surface area (TPSA) is 120 Å². The van der Waals surface area contributed by atoms with Crippen molar-refractivity contribution in [3.05, 3.63) is 47.9 Å². The van der Waals surface area contributed by atoms with Crippen molar-refractivity contribution in [3.8, 4) is 0 Å². The van der Waals surface area contributed by atoms with Crippen LogP contribution in [0.5, 0.6) is 0 Å². The predicted octanol–water partition coefficient (Wildman–Crippen LogP) is 1.52. The van der Waals surface area contributed by atoms with Crippen LogP contribution in [0.15, 0.2) is 46.1 Å². The van der Waals surface area contributed by atoms with Gasteiger partial charge in [-0.2, -0.15) is 4.31 Å². The summed E-state index contributed by atoms with van der Waals surface area (Å²) in [6.45, 7) is 4.08. The molecule has 2 N–H and O–H groups in total. The summed E-state index contributed by atoms with van der Waals surface area (Å²) in [6.07, 6.45) is 2.17. The molecule has 2 heterocycles. The Bertz CT molecular complexity index is 988. The summed E-state index contributed by atoms with van der Waals surface area (Å²) in [4.78, 5) is 17.5. The van der Waals surface area contributed by atoms with E-state index < -0.39 is 10.0 Å². The zero-order valence-corrected chi connectivity index (χ0v) is 21.3. The van der Waals surface area contributed by atoms with Crippen LogP contribution in [-0.2, 0) is 27.0 Å². The number of nitrogens with one attached hydrogen (secondary N) is 2. The number of halogens is 1. The van der Waals surface area contributed by atoms with Gasteiger partial charge in [0.25, 0.3) is 0 Å². The maximum Gasteiger partial charge on any atom is 0.221 e. The summed E-state index contributed by atoms with van der Waals surface area (Å²) < 4.78 is 31.3. The minimum Gasteiger partial charge on any atom is -0.364 e. The summed E-state index contributed by atoms with van der Waals surface area (Å²) in [6, 6.07) is 9.28. The average molecular weight is 576 g/mol. The molecule has 0 saturated carbocycles. The summed E-state index contributed by atoms with van der Waals surface area (Å²) in [7, 11) is -1.71. The third kappa shape index (κ3) is 7.45. The van der Waals surface area contributed by atoms with Crippen molar-refractivity contribution in [1.82, 2.24) is 19.7 Å². The molecule has 0 spiro atoms. The quantitative estimate of drug-likeness (QED) is 0.292. The van der Waals surface area contributed by atoms with E-state index in [1.165, 1.54) is 17.5 Å². The predicted molar refractivity (Wildman–Crippen MR) is 133 cm³/mol. The number of benzene rings is 1. The number of sulfonamides is 1. The Morgan fingerprint density at radius 2 is 1.84 bits per heavy atom. The number of piperazine rings is 1. The number of hydrogen-bond donors (Lipinski definition) is 2. The third-order valence-electron chi connectivity index (χ3n) is 4.94. The van der Waals surface area contributed by atoms with E-state index in [1.54, 1.807) is 13.1 Å². The van der Waals surface area contributed by atoms with Gasteiger partial charge in [-0.1, -0.05) is 17.3 Å². The lowest BCUT2D eigenvalue weighted by Crippen LogP contribution is -2.54. The maximum atomic E-state index is 12.6. The monoisotopic (exact) mass is 576 g/mol. The number of guanidine groups is 1. The normalized spacial score (nSPS) is 15.2. The number of anilines is 1. The minimum absolute atomic E-state index is 0. The Labute approximate surface area is 205 Å². The van der Waals surface area contributed by atoms with E-state index >= 15 is 0 Å². The van der Waals surface area contributed by atoms with Crippen LogP contribution in [-0.4, -0.2) is 74.4 Å². The Balaban J connectivity index is 0.00000363. The van der Waals surface area contributed by atoms with Gasteiger partial charge in [0.1, 0.15) is 12.0 Å². The van der Waals surface area contributed by atoms with Crippen LogP contribution in [0.1, 0.15) is 18.2 Å². The maximum absolute atomic E-state index is 12.6. The molecule has 176 valence electrons. The van der Waals surface area contributed by atoms with E-state index in [0.717, 1.165) is 23.6 Å². The van der Waals surface area contributed by atoms with E-state index in [0.29, 0.717) is 38.4 Å². The van der Waals surface area contributed by atoms with Crippen LogP contribution in [0.25, 0.3) is 0 Å². The molecule has 10 nitrogen and oxygen atoms in total. The number of hydrogen-bond acceptors (Lipinski definition) is 6. The highest BCUT2D eigenvalue weighted by molar-refractivity contribution is 14.0. The molecule has 3 rings (SSSR count). The molecule has 1 aliphatic heterocycles. The SMILES string of the molecule is CN=C(NCCc1ccc(NC(C)=O)cc1)N1CCN(S(=O)(=O)Cc2ccon2)CC1.I. The zero-order valence-electron chi connectivity index (χ0n) is 18.2. The lowest BCUT2D eigenvalue weighted by atomic mass is 10.1. The number of aromatic nitrogens is 1. The molecule has 1 aromatic carbocycles. The van der Waals surface area contributed by atoms with Crippen LogP contribution < -0.4 is 10.6 Å². The smallest absolute Gasteiger partial charge is 0.221 e. The number of carbonyl (C=O) groups excluding carboxylic acids is 1. The third-order valence-corrected chi connectivity index (χ3v) is 6.75. The molecule has 0 atom stereocenters. The van der Waals surface area contributed by atoms with Crippen molar-refractivity contribution in [3.63, 3.8) is 0 Å². The number of carbonyl (C=O) groups is 1. The number of amides is 1. The Morgan fingerprint density at radius 1 is 1.16 bits per heavy atom. The first-order valence-electron chi connectivity index (χ1n) is 10.1. The van der Waals surface area contributed by atoms with Crippen molar-refractivity contribution in [1.29, 1.82) is 0 Å². The molecule has 1 aromatic heterocycles. The molecule has 1 amide bonds. The summed E-state index contributed by atoms with van der Waals surface area (Å²) in [5, 5.41) is 9.78. The number of rotatable bonds is 7. The van der Waals surface area contributed by atoms with Gasteiger partial charge in [0.05, 0.1) is 5.69 Å². The Morgan fingerprint density at radius 3 is 2.41 bits per heavy atom. The van der Waals surface area contributed by atoms with Gasteiger partial charge in [-0.3, -0.25) is 9.79 Å². The van der Waals surface area contributed by atoms with Gasteiger partial charge >= 0.3 is 0 Å². The van der Waals surface area contributed by atoms with Crippen molar-refractivity contribution in [2.75, 3.05) is 45.1 Å². The van der Waals surface area contributed by atoms with Gasteiger partial charge in [0.15, 0.2) is 5.96 Å². The van der Waals surface area contributed by atoms with Gasteiger partial charge < -0.3 is 20.1 Å². The molecule has 12 heteroatoms. The van der Waals surface area contributed by atoms with E-state index in [-0.39, 0.29) is 35.6 Å². The van der Waals surface area contributed by atoms with Gasteiger partial charge in [0.2, 0.25) is 15.9 Å². The fraction of sp³-hybridized carbons (Fsp3) is 0.450. The van der Waals surface area contributed by atoms with Crippen LogP contribution in [0, 0.1) is 0 Å². The molecule has 0 aliphatic carbocycles. The second-order valence-electron chi connectivity index (χ2n) is 7.24. The summed E-state index contributed by atoms with van der Waals surface area (Å²) in [5.41, 5.74) is 2.32. The second kappa shape index (κ2) is 12.2. The van der Waals surface area contributed by atoms with Crippen LogP contribution in [0.3, 0.4) is 0 Å². The molecule has 0 bridgehead atoms. The van der Waals surface area contributed by atoms with E-state index in [9.17, 15) is 13.2 Å². The highest BCUT2D eigenvalue weighted by Gasteiger charge is 2.28. The van der Waals surface area contributed by atoms with Gasteiger partial charge in [-0.25, -0.2) is 8.42 Å². The first-order chi connectivity index (χ1) is 14.9. The van der Waals surface area contributed by atoms with Crippen molar-refractivity contribution < 1.29 is 17.7 Å². The fourth-order valence-electron chi connectivity index (χ4n) is 3.38. The molecule has 1 saturated heterocycles. The highest BCUT2D eigenvalue weighted by Crippen LogP contribution is 2.13. The van der Waals surface area contributed by atoms with Gasteiger partial charge in [-0.05, 0) is 24.1 Å². The zero-order chi connectivity index (χ0) is 22.3. The Kier molecular flexibility index (Phi) is 9.90. The van der Waals surface area contributed by atoms with Crippen LogP contribution in [0.4, 0.5) is 5.69 Å². The fourth-order valence-corrected chi connectivity index (χ4v) is 4.80. The highest BCUT2D eigenvalue weighted by atomic mass is 127. The largest absolute Gasteiger partial charge is 0.364 e. The summed E-state index contributed by atoms with van der Waals surface area (Å²) in [5.74, 6) is 0.504. The van der Waals surface area contributed by atoms with Crippen LogP contribution in [0.2, 0.25) is 0 Å². The molecule has 1 fully saturated rings. The molecule has 0 unspecified atom stereocenters. The number of aliphatic imine (C=N–C) groups is 1. The van der Waals surface area contributed by atoms with Crippen LogP contribution >= 0.6 is 24.0 Å². The first kappa shape index (κ1) is 26.1. The Hall–Kier alpha value is -2.19. The minimum atomic E-state index is -3.43. The molecule has 32 heavy (non-hydrogen) atoms. The van der Waals surface area contributed by atoms with E-state index in [4.69, 9.17) is 4.52 Å². The first-order valence-corrected chi connectivity index (χ1v) is 11.7. The summed E-state index contributed by atoms with van der Waals surface area (Å²) >= 11 is 0. The lowest BCUT2D eigenvalue weighted by molar-refractivity contribution is -0.114. The van der Waals surface area contributed by atoms with Gasteiger partial charge in [0, 0.05) is 58.4 Å². The molecule has 2 aromatic rings. The average Bonchev–Trinajstić information content (AvgIpc) is 3.24. The van der Waals surface area contributed by atoms with Gasteiger partial charge in [-0.15, -0.1) is 24.0 Å². The molecule has 0 radical (unpaired) electrons. The van der Waals surface area contributed by atoms with E-state index in [1.807, 2.05) is 24.3 Å². The molecule has 1 aliphatic rings. The molecular weight excluding hydrogens is 547 g/mol.